The molecular weight excluding hydrogens is 397 g/mol. The molecule has 2 aromatic carbocycles. The summed E-state index contributed by atoms with van der Waals surface area (Å²) in [6, 6.07) is 14.6. The highest BCUT2D eigenvalue weighted by molar-refractivity contribution is 5.92. The molecule has 0 unspecified atom stereocenters. The van der Waals surface area contributed by atoms with Crippen molar-refractivity contribution in [3.05, 3.63) is 83.3 Å². The molecule has 0 spiro atoms. The molecule has 7 heteroatoms. The maximum Gasteiger partial charge on any atom is 0.273 e. The van der Waals surface area contributed by atoms with Gasteiger partial charge in [0.05, 0.1) is 13.2 Å². The number of aromatic nitrogens is 1. The number of carbonyl (C=O) groups is 1. The minimum absolute atomic E-state index is 0.200. The Hall–Kier alpha value is -3.19. The third-order valence-electron chi connectivity index (χ3n) is 5.02. The summed E-state index contributed by atoms with van der Waals surface area (Å²) >= 11 is 0. The van der Waals surface area contributed by atoms with Gasteiger partial charge in [-0.2, -0.15) is 0 Å². The lowest BCUT2D eigenvalue weighted by Crippen LogP contribution is -2.26. The molecule has 4 rings (SSSR count). The van der Waals surface area contributed by atoms with Crippen molar-refractivity contribution < 1.29 is 18.3 Å². The Morgan fingerprint density at radius 1 is 1.10 bits per heavy atom. The van der Waals surface area contributed by atoms with E-state index in [4.69, 9.17) is 9.15 Å². The van der Waals surface area contributed by atoms with E-state index < -0.39 is 0 Å². The first-order chi connectivity index (χ1) is 15.1. The van der Waals surface area contributed by atoms with Gasteiger partial charge in [-0.3, -0.25) is 9.69 Å². The number of carbonyl (C=O) groups excluding carboxylic acids is 1. The Morgan fingerprint density at radius 2 is 1.74 bits per heavy atom. The van der Waals surface area contributed by atoms with Gasteiger partial charge in [-0.15, -0.1) is 0 Å². The molecule has 0 aliphatic heterocycles. The SMILES string of the molecule is CCOc1ccc(CN(Cc2ccc(F)cc2)Cc2nc(C(=O)NC3CC3)co2)cc1. The van der Waals surface area contributed by atoms with E-state index in [-0.39, 0.29) is 17.8 Å². The van der Waals surface area contributed by atoms with Crippen LogP contribution in [0.4, 0.5) is 4.39 Å². The standard InChI is InChI=1S/C24H26FN3O3/c1-2-30-21-11-5-18(6-12-21)14-28(13-17-3-7-19(25)8-4-17)15-23-27-22(16-31-23)24(29)26-20-9-10-20/h3-8,11-12,16,20H,2,9-10,13-15H2,1H3,(H,26,29). The van der Waals surface area contributed by atoms with Crippen molar-refractivity contribution in [2.24, 2.45) is 0 Å². The van der Waals surface area contributed by atoms with Gasteiger partial charge in [-0.1, -0.05) is 24.3 Å². The number of halogens is 1. The fourth-order valence-electron chi connectivity index (χ4n) is 3.30. The molecule has 31 heavy (non-hydrogen) atoms. The van der Waals surface area contributed by atoms with Crippen LogP contribution in [0.2, 0.25) is 0 Å². The third-order valence-corrected chi connectivity index (χ3v) is 5.02. The maximum absolute atomic E-state index is 13.3. The minimum atomic E-state index is -0.263. The highest BCUT2D eigenvalue weighted by atomic mass is 19.1. The number of nitrogens with zero attached hydrogens (tertiary/aromatic N) is 2. The van der Waals surface area contributed by atoms with Crippen molar-refractivity contribution in [2.45, 2.75) is 45.4 Å². The molecule has 0 bridgehead atoms. The second kappa shape index (κ2) is 9.75. The van der Waals surface area contributed by atoms with E-state index in [1.54, 1.807) is 12.1 Å². The van der Waals surface area contributed by atoms with Crippen LogP contribution in [0.25, 0.3) is 0 Å². The van der Waals surface area contributed by atoms with Gasteiger partial charge in [0.1, 0.15) is 17.8 Å². The van der Waals surface area contributed by atoms with E-state index in [9.17, 15) is 9.18 Å². The molecule has 1 fully saturated rings. The van der Waals surface area contributed by atoms with Crippen molar-refractivity contribution in [1.82, 2.24) is 15.2 Å². The van der Waals surface area contributed by atoms with Crippen LogP contribution in [0.15, 0.2) is 59.2 Å². The predicted octanol–water partition coefficient (Wildman–Crippen LogP) is 4.31. The molecule has 0 radical (unpaired) electrons. The predicted molar refractivity (Wildman–Crippen MR) is 114 cm³/mol. The maximum atomic E-state index is 13.3. The summed E-state index contributed by atoms with van der Waals surface area (Å²) in [7, 11) is 0. The van der Waals surface area contributed by atoms with Crippen molar-refractivity contribution in [3.8, 4) is 5.75 Å². The van der Waals surface area contributed by atoms with Crippen LogP contribution in [0.5, 0.6) is 5.75 Å². The topological polar surface area (TPSA) is 67.6 Å². The molecule has 6 nitrogen and oxygen atoms in total. The smallest absolute Gasteiger partial charge is 0.273 e. The first kappa shape index (κ1) is 21.1. The Balaban J connectivity index is 1.46. The molecule has 0 saturated heterocycles. The van der Waals surface area contributed by atoms with E-state index in [1.165, 1.54) is 18.4 Å². The summed E-state index contributed by atoms with van der Waals surface area (Å²) < 4.78 is 24.4. The number of benzene rings is 2. The lowest BCUT2D eigenvalue weighted by Gasteiger charge is -2.21. The molecule has 3 aromatic rings. The zero-order valence-electron chi connectivity index (χ0n) is 17.5. The molecule has 1 saturated carbocycles. The van der Waals surface area contributed by atoms with Gasteiger partial charge in [0.2, 0.25) is 5.89 Å². The average Bonchev–Trinajstić information content (AvgIpc) is 3.45. The number of hydrogen-bond donors (Lipinski definition) is 1. The van der Waals surface area contributed by atoms with Gasteiger partial charge in [-0.05, 0) is 55.2 Å². The largest absolute Gasteiger partial charge is 0.494 e. The molecule has 0 atom stereocenters. The minimum Gasteiger partial charge on any atom is -0.494 e. The van der Waals surface area contributed by atoms with E-state index >= 15 is 0 Å². The number of hydrogen-bond acceptors (Lipinski definition) is 5. The Kier molecular flexibility index (Phi) is 6.62. The molecule has 1 aromatic heterocycles. The van der Waals surface area contributed by atoms with Crippen LogP contribution in [-0.4, -0.2) is 28.4 Å². The van der Waals surface area contributed by atoms with E-state index in [1.807, 2.05) is 31.2 Å². The van der Waals surface area contributed by atoms with Gasteiger partial charge in [0.25, 0.3) is 5.91 Å². The normalized spacial score (nSPS) is 13.4. The monoisotopic (exact) mass is 423 g/mol. The van der Waals surface area contributed by atoms with Gasteiger partial charge < -0.3 is 14.5 Å². The fraction of sp³-hybridized carbons (Fsp3) is 0.333. The average molecular weight is 423 g/mol. The Bertz CT molecular complexity index is 998. The van der Waals surface area contributed by atoms with E-state index in [0.717, 1.165) is 29.7 Å². The number of ether oxygens (including phenoxy) is 1. The summed E-state index contributed by atoms with van der Waals surface area (Å²) in [5.41, 5.74) is 2.37. The zero-order valence-corrected chi connectivity index (χ0v) is 17.5. The second-order valence-electron chi connectivity index (χ2n) is 7.72. The highest BCUT2D eigenvalue weighted by Crippen LogP contribution is 2.20. The zero-order chi connectivity index (χ0) is 21.6. The number of rotatable bonds is 10. The number of nitrogens with one attached hydrogen (secondary N) is 1. The molecule has 1 aliphatic carbocycles. The molecule has 162 valence electrons. The summed E-state index contributed by atoms with van der Waals surface area (Å²) in [6.07, 6.45) is 3.44. The highest BCUT2D eigenvalue weighted by Gasteiger charge is 2.25. The van der Waals surface area contributed by atoms with Gasteiger partial charge in [0, 0.05) is 19.1 Å². The molecule has 1 aliphatic rings. The Morgan fingerprint density at radius 3 is 2.35 bits per heavy atom. The van der Waals surface area contributed by atoms with Crippen molar-refractivity contribution in [2.75, 3.05) is 6.61 Å². The van der Waals surface area contributed by atoms with Crippen LogP contribution in [0.1, 0.15) is 47.3 Å². The fourth-order valence-corrected chi connectivity index (χ4v) is 3.30. The molecular formula is C24H26FN3O3. The van der Waals surface area contributed by atoms with Crippen molar-refractivity contribution >= 4 is 5.91 Å². The second-order valence-corrected chi connectivity index (χ2v) is 7.72. The summed E-state index contributed by atoms with van der Waals surface area (Å²) in [6.45, 7) is 4.21. The van der Waals surface area contributed by atoms with Crippen LogP contribution in [0, 0.1) is 5.82 Å². The van der Waals surface area contributed by atoms with Crippen LogP contribution >= 0.6 is 0 Å². The lowest BCUT2D eigenvalue weighted by atomic mass is 10.1. The van der Waals surface area contributed by atoms with Gasteiger partial charge in [-0.25, -0.2) is 9.37 Å². The summed E-state index contributed by atoms with van der Waals surface area (Å²) in [4.78, 5) is 18.7. The molecule has 1 amide bonds. The van der Waals surface area contributed by atoms with Gasteiger partial charge >= 0.3 is 0 Å². The molecule has 1 N–H and O–H groups in total. The van der Waals surface area contributed by atoms with Crippen LogP contribution < -0.4 is 10.1 Å². The molecule has 1 heterocycles. The van der Waals surface area contributed by atoms with Crippen LogP contribution in [-0.2, 0) is 19.6 Å². The first-order valence-corrected chi connectivity index (χ1v) is 10.5. The Labute approximate surface area is 181 Å². The first-order valence-electron chi connectivity index (χ1n) is 10.5. The lowest BCUT2D eigenvalue weighted by molar-refractivity contribution is 0.0946. The van der Waals surface area contributed by atoms with Gasteiger partial charge in [0.15, 0.2) is 5.69 Å². The quantitative estimate of drug-likeness (QED) is 0.526. The summed E-state index contributed by atoms with van der Waals surface area (Å²) in [5, 5.41) is 2.91. The summed E-state index contributed by atoms with van der Waals surface area (Å²) in [5.74, 6) is 0.833. The van der Waals surface area contributed by atoms with E-state index in [2.05, 4.69) is 15.2 Å². The van der Waals surface area contributed by atoms with E-state index in [0.29, 0.717) is 37.8 Å². The third kappa shape index (κ3) is 6.15. The number of oxazole rings is 1. The van der Waals surface area contributed by atoms with Crippen molar-refractivity contribution in [3.63, 3.8) is 0 Å². The van der Waals surface area contributed by atoms with Crippen LogP contribution in [0.3, 0.4) is 0 Å². The van der Waals surface area contributed by atoms with Crippen molar-refractivity contribution in [1.29, 1.82) is 0 Å². The number of amides is 1.